The summed E-state index contributed by atoms with van der Waals surface area (Å²) >= 11 is 0. The van der Waals surface area contributed by atoms with E-state index in [0.717, 1.165) is 24.6 Å². The summed E-state index contributed by atoms with van der Waals surface area (Å²) in [6.07, 6.45) is 6.86. The molecule has 2 aromatic heterocycles. The van der Waals surface area contributed by atoms with Crippen LogP contribution in [0.4, 0.5) is 0 Å². The van der Waals surface area contributed by atoms with Gasteiger partial charge < -0.3 is 0 Å². The maximum absolute atomic E-state index is 11.9. The van der Waals surface area contributed by atoms with Gasteiger partial charge in [0.1, 0.15) is 6.33 Å². The van der Waals surface area contributed by atoms with Gasteiger partial charge in [0.15, 0.2) is 0 Å². The van der Waals surface area contributed by atoms with Gasteiger partial charge in [0.05, 0.1) is 0 Å². The van der Waals surface area contributed by atoms with Crippen molar-refractivity contribution in [2.24, 2.45) is 5.92 Å². The molecule has 2 aromatic rings. The van der Waals surface area contributed by atoms with Crippen LogP contribution in [0.2, 0.25) is 0 Å². The highest BCUT2D eigenvalue weighted by Gasteiger charge is 2.17. The Kier molecular flexibility index (Phi) is 2.46. The fourth-order valence-electron chi connectivity index (χ4n) is 2.32. The second kappa shape index (κ2) is 3.98. The van der Waals surface area contributed by atoms with Gasteiger partial charge in [-0.3, -0.25) is 9.48 Å². The van der Waals surface area contributed by atoms with Crippen molar-refractivity contribution in [2.45, 2.75) is 39.2 Å². The zero-order valence-electron chi connectivity index (χ0n) is 9.96. The van der Waals surface area contributed by atoms with Gasteiger partial charge in [-0.2, -0.15) is 9.50 Å². The second-order valence-electron chi connectivity index (χ2n) is 4.84. The standard InChI is InChI=1S/C12H16N4O/c1-9-7-11(17)16-12(14-9)13-8-15(16)6-5-10-3-2-4-10/h7-8,10H,2-6H2,1H3. The first-order chi connectivity index (χ1) is 8.24. The average Bonchev–Trinajstić information content (AvgIpc) is 2.59. The largest absolute Gasteiger partial charge is 0.274 e. The fourth-order valence-corrected chi connectivity index (χ4v) is 2.32. The molecule has 0 saturated heterocycles. The first-order valence-corrected chi connectivity index (χ1v) is 6.16. The van der Waals surface area contributed by atoms with Crippen molar-refractivity contribution in [3.05, 3.63) is 28.4 Å². The number of fused-ring (bicyclic) bond motifs is 1. The molecule has 90 valence electrons. The maximum Gasteiger partial charge on any atom is 0.274 e. The van der Waals surface area contributed by atoms with Gasteiger partial charge in [-0.05, 0) is 19.3 Å². The van der Waals surface area contributed by atoms with Crippen LogP contribution < -0.4 is 5.56 Å². The average molecular weight is 232 g/mol. The highest BCUT2D eigenvalue weighted by Crippen LogP contribution is 2.29. The van der Waals surface area contributed by atoms with Gasteiger partial charge >= 0.3 is 0 Å². The molecular formula is C12H16N4O. The Hall–Kier alpha value is -1.65. The van der Waals surface area contributed by atoms with Crippen molar-refractivity contribution in [3.63, 3.8) is 0 Å². The summed E-state index contributed by atoms with van der Waals surface area (Å²) in [6, 6.07) is 1.55. The molecule has 5 heteroatoms. The Morgan fingerprint density at radius 2 is 2.29 bits per heavy atom. The molecule has 17 heavy (non-hydrogen) atoms. The quantitative estimate of drug-likeness (QED) is 0.803. The van der Waals surface area contributed by atoms with Crippen molar-refractivity contribution < 1.29 is 0 Å². The molecule has 1 fully saturated rings. The highest BCUT2D eigenvalue weighted by atomic mass is 16.1. The van der Waals surface area contributed by atoms with E-state index in [9.17, 15) is 4.79 Å². The summed E-state index contributed by atoms with van der Waals surface area (Å²) in [5.41, 5.74) is 0.679. The number of rotatable bonds is 3. The molecule has 2 heterocycles. The topological polar surface area (TPSA) is 52.2 Å². The monoisotopic (exact) mass is 232 g/mol. The van der Waals surface area contributed by atoms with E-state index in [1.54, 1.807) is 16.9 Å². The van der Waals surface area contributed by atoms with Crippen molar-refractivity contribution in [1.29, 1.82) is 0 Å². The zero-order chi connectivity index (χ0) is 11.8. The van der Waals surface area contributed by atoms with Gasteiger partial charge in [-0.1, -0.05) is 19.3 Å². The van der Waals surface area contributed by atoms with E-state index in [4.69, 9.17) is 0 Å². The summed E-state index contributed by atoms with van der Waals surface area (Å²) < 4.78 is 3.44. The molecule has 0 aliphatic heterocycles. The number of hydrogen-bond donors (Lipinski definition) is 0. The molecule has 1 aliphatic rings. The van der Waals surface area contributed by atoms with Crippen molar-refractivity contribution >= 4 is 5.78 Å². The predicted molar refractivity (Wildman–Crippen MR) is 63.9 cm³/mol. The third kappa shape index (κ3) is 1.85. The number of aryl methyl sites for hydroxylation is 2. The lowest BCUT2D eigenvalue weighted by Crippen LogP contribution is -2.22. The van der Waals surface area contributed by atoms with Crippen molar-refractivity contribution in [2.75, 3.05) is 0 Å². The Morgan fingerprint density at radius 3 is 3.00 bits per heavy atom. The Morgan fingerprint density at radius 1 is 1.47 bits per heavy atom. The Labute approximate surface area is 99.1 Å². The minimum absolute atomic E-state index is 0.0430. The van der Waals surface area contributed by atoms with E-state index in [1.807, 2.05) is 11.6 Å². The first-order valence-electron chi connectivity index (χ1n) is 6.16. The molecule has 0 N–H and O–H groups in total. The summed E-state index contributed by atoms with van der Waals surface area (Å²) in [4.78, 5) is 20.3. The van der Waals surface area contributed by atoms with E-state index in [1.165, 1.54) is 19.3 Å². The molecule has 0 spiro atoms. The van der Waals surface area contributed by atoms with Crippen LogP contribution in [0, 0.1) is 12.8 Å². The van der Waals surface area contributed by atoms with Crippen LogP contribution in [0.1, 0.15) is 31.4 Å². The summed E-state index contributed by atoms with van der Waals surface area (Å²) in [5, 5.41) is 0. The van der Waals surface area contributed by atoms with Gasteiger partial charge in [-0.15, -0.1) is 0 Å². The van der Waals surface area contributed by atoms with Crippen LogP contribution in [-0.4, -0.2) is 19.2 Å². The lowest BCUT2D eigenvalue weighted by molar-refractivity contribution is 0.275. The lowest BCUT2D eigenvalue weighted by atomic mass is 9.83. The minimum atomic E-state index is -0.0430. The number of nitrogens with zero attached hydrogens (tertiary/aromatic N) is 4. The molecule has 0 unspecified atom stereocenters. The van der Waals surface area contributed by atoms with E-state index < -0.39 is 0 Å². The molecular weight excluding hydrogens is 216 g/mol. The van der Waals surface area contributed by atoms with E-state index >= 15 is 0 Å². The fraction of sp³-hybridized carbons (Fsp3) is 0.583. The van der Waals surface area contributed by atoms with E-state index in [2.05, 4.69) is 9.97 Å². The SMILES string of the molecule is Cc1cc(=O)n2c(ncn2CCC2CCC2)n1. The number of hydrogen-bond acceptors (Lipinski definition) is 3. The van der Waals surface area contributed by atoms with Crippen LogP contribution in [0.5, 0.6) is 0 Å². The van der Waals surface area contributed by atoms with Gasteiger partial charge in [0.2, 0.25) is 0 Å². The molecule has 5 nitrogen and oxygen atoms in total. The summed E-state index contributed by atoms with van der Waals surface area (Å²) in [7, 11) is 0. The van der Waals surface area contributed by atoms with Crippen LogP contribution in [0.25, 0.3) is 5.78 Å². The van der Waals surface area contributed by atoms with E-state index in [0.29, 0.717) is 5.78 Å². The third-order valence-electron chi connectivity index (χ3n) is 3.56. The highest BCUT2D eigenvalue weighted by molar-refractivity contribution is 5.26. The Bertz CT molecular complexity index is 594. The smallest absolute Gasteiger partial charge is 0.267 e. The molecule has 1 aliphatic carbocycles. The van der Waals surface area contributed by atoms with Crippen LogP contribution >= 0.6 is 0 Å². The van der Waals surface area contributed by atoms with Crippen molar-refractivity contribution in [1.82, 2.24) is 19.2 Å². The molecule has 0 aromatic carbocycles. The Balaban J connectivity index is 1.91. The van der Waals surface area contributed by atoms with Crippen LogP contribution in [-0.2, 0) is 6.54 Å². The second-order valence-corrected chi connectivity index (χ2v) is 4.84. The van der Waals surface area contributed by atoms with E-state index in [-0.39, 0.29) is 5.56 Å². The summed E-state index contributed by atoms with van der Waals surface area (Å²) in [6.45, 7) is 2.67. The predicted octanol–water partition coefficient (Wildman–Crippen LogP) is 1.39. The van der Waals surface area contributed by atoms with Crippen LogP contribution in [0.15, 0.2) is 17.2 Å². The van der Waals surface area contributed by atoms with Crippen molar-refractivity contribution in [3.8, 4) is 0 Å². The summed E-state index contributed by atoms with van der Waals surface area (Å²) in [5.74, 6) is 1.34. The third-order valence-corrected chi connectivity index (χ3v) is 3.56. The molecule has 0 atom stereocenters. The first kappa shape index (κ1) is 10.5. The molecule has 0 bridgehead atoms. The molecule has 1 saturated carbocycles. The molecule has 3 rings (SSSR count). The minimum Gasteiger partial charge on any atom is -0.267 e. The number of aromatic nitrogens is 4. The van der Waals surface area contributed by atoms with Crippen LogP contribution in [0.3, 0.4) is 0 Å². The van der Waals surface area contributed by atoms with Gasteiger partial charge in [0, 0.05) is 18.3 Å². The zero-order valence-corrected chi connectivity index (χ0v) is 9.96. The lowest BCUT2D eigenvalue weighted by Gasteiger charge is -2.25. The van der Waals surface area contributed by atoms with Gasteiger partial charge in [0.25, 0.3) is 11.3 Å². The maximum atomic E-state index is 11.9. The molecule has 0 radical (unpaired) electrons. The normalized spacial score (nSPS) is 16.3. The van der Waals surface area contributed by atoms with Gasteiger partial charge in [-0.25, -0.2) is 4.98 Å². The molecule has 0 amide bonds.